The summed E-state index contributed by atoms with van der Waals surface area (Å²) in [7, 11) is 0. The van der Waals surface area contributed by atoms with Crippen molar-refractivity contribution in [1.82, 2.24) is 10.0 Å². The first-order chi connectivity index (χ1) is 12.8. The molecule has 0 spiro atoms. The van der Waals surface area contributed by atoms with E-state index in [0.29, 0.717) is 42.9 Å². The maximum absolute atomic E-state index is 5.63. The number of hydrogen-bond donors (Lipinski definition) is 0. The van der Waals surface area contributed by atoms with Crippen molar-refractivity contribution in [2.75, 3.05) is 26.3 Å². The summed E-state index contributed by atoms with van der Waals surface area (Å²) in [6, 6.07) is 7.25. The van der Waals surface area contributed by atoms with Crippen molar-refractivity contribution in [2.45, 2.75) is 12.2 Å². The Hall–Kier alpha value is -2.49. The highest BCUT2D eigenvalue weighted by atomic mass is 32.1. The first kappa shape index (κ1) is 17.0. The van der Waals surface area contributed by atoms with Gasteiger partial charge in [-0.15, -0.1) is 0 Å². The molecule has 4 heterocycles. The summed E-state index contributed by atoms with van der Waals surface area (Å²) in [5, 5.41) is 12.8. The second-order valence-corrected chi connectivity index (χ2v) is 6.24. The SMILES string of the molecule is S=C(N(CC1CO1)N=Cc1ccco1)N(CC1CO1)N=Cc1ccco1. The Morgan fingerprint density at radius 2 is 1.42 bits per heavy atom. The van der Waals surface area contributed by atoms with Crippen LogP contribution in [0.15, 0.2) is 55.8 Å². The Balaban J connectivity index is 1.49. The van der Waals surface area contributed by atoms with Gasteiger partial charge in [-0.3, -0.25) is 0 Å². The van der Waals surface area contributed by atoms with Gasteiger partial charge in [-0.1, -0.05) is 0 Å². The van der Waals surface area contributed by atoms with E-state index in [-0.39, 0.29) is 12.2 Å². The molecule has 0 aliphatic carbocycles. The fraction of sp³-hybridized carbons (Fsp3) is 0.353. The number of hydrogen-bond acceptors (Lipinski definition) is 7. The van der Waals surface area contributed by atoms with E-state index in [0.717, 1.165) is 0 Å². The van der Waals surface area contributed by atoms with Crippen molar-refractivity contribution in [2.24, 2.45) is 10.2 Å². The zero-order valence-electron chi connectivity index (χ0n) is 13.9. The van der Waals surface area contributed by atoms with Crippen LogP contribution >= 0.6 is 12.2 Å². The molecule has 2 unspecified atom stereocenters. The van der Waals surface area contributed by atoms with E-state index in [1.165, 1.54) is 0 Å². The number of epoxide rings is 2. The number of ether oxygens (including phenoxy) is 2. The number of nitrogens with zero attached hydrogens (tertiary/aromatic N) is 4. The average Bonchev–Trinajstić information content (AvgIpc) is 3.53. The highest BCUT2D eigenvalue weighted by Gasteiger charge is 2.31. The van der Waals surface area contributed by atoms with E-state index < -0.39 is 0 Å². The molecular formula is C17H18N4O4S. The van der Waals surface area contributed by atoms with Crippen LogP contribution in [-0.2, 0) is 9.47 Å². The molecule has 8 nitrogen and oxygen atoms in total. The van der Waals surface area contributed by atoms with E-state index in [4.69, 9.17) is 30.5 Å². The predicted octanol–water partition coefficient (Wildman–Crippen LogP) is 1.93. The van der Waals surface area contributed by atoms with Crippen LogP contribution in [0.5, 0.6) is 0 Å². The molecule has 9 heteroatoms. The molecule has 2 aromatic rings. The van der Waals surface area contributed by atoms with Crippen LogP contribution in [0, 0.1) is 0 Å². The molecule has 2 fully saturated rings. The van der Waals surface area contributed by atoms with E-state index in [9.17, 15) is 0 Å². The molecular weight excluding hydrogens is 356 g/mol. The van der Waals surface area contributed by atoms with Gasteiger partial charge in [-0.05, 0) is 36.5 Å². The molecule has 4 rings (SSSR count). The lowest BCUT2D eigenvalue weighted by molar-refractivity contribution is 0.287. The van der Waals surface area contributed by atoms with Crippen molar-refractivity contribution in [3.63, 3.8) is 0 Å². The van der Waals surface area contributed by atoms with E-state index >= 15 is 0 Å². The minimum atomic E-state index is 0.120. The zero-order chi connectivity index (χ0) is 17.8. The molecule has 2 saturated heterocycles. The number of furan rings is 2. The smallest absolute Gasteiger partial charge is 0.213 e. The monoisotopic (exact) mass is 374 g/mol. The molecule has 0 aromatic carbocycles. The lowest BCUT2D eigenvalue weighted by Gasteiger charge is -2.26. The lowest BCUT2D eigenvalue weighted by atomic mass is 10.4. The standard InChI is InChI=1S/C17H18N4O4S/c26-17(20(9-15-11-24-15)18-7-13-3-1-5-22-13)21(10-16-12-25-16)19-8-14-4-2-6-23-14/h1-8,15-16H,9-12H2. The second-order valence-electron chi connectivity index (χ2n) is 5.88. The Kier molecular flexibility index (Phi) is 5.09. The van der Waals surface area contributed by atoms with Gasteiger partial charge >= 0.3 is 0 Å². The maximum atomic E-state index is 5.63. The van der Waals surface area contributed by atoms with Gasteiger partial charge in [-0.25, -0.2) is 10.0 Å². The van der Waals surface area contributed by atoms with Crippen molar-refractivity contribution < 1.29 is 18.3 Å². The number of thiocarbonyl (C=S) groups is 1. The van der Waals surface area contributed by atoms with Gasteiger partial charge in [0.05, 0.1) is 51.3 Å². The lowest BCUT2D eigenvalue weighted by Crippen LogP contribution is -2.41. The molecule has 0 amide bonds. The third-order valence-corrected chi connectivity index (χ3v) is 4.16. The van der Waals surface area contributed by atoms with Crippen LogP contribution in [0.3, 0.4) is 0 Å². The van der Waals surface area contributed by atoms with Gasteiger partial charge < -0.3 is 18.3 Å². The molecule has 2 aliphatic rings. The Labute approximate surface area is 155 Å². The van der Waals surface area contributed by atoms with Crippen molar-refractivity contribution in [1.29, 1.82) is 0 Å². The normalized spacial score (nSPS) is 21.4. The van der Waals surface area contributed by atoms with Crippen LogP contribution in [0.25, 0.3) is 0 Å². The molecule has 2 aliphatic heterocycles. The third-order valence-electron chi connectivity index (χ3n) is 3.73. The predicted molar refractivity (Wildman–Crippen MR) is 98.1 cm³/mol. The summed E-state index contributed by atoms with van der Waals surface area (Å²) < 4.78 is 21.2. The minimum Gasteiger partial charge on any atom is -0.463 e. The molecule has 0 saturated carbocycles. The van der Waals surface area contributed by atoms with Crippen LogP contribution in [0.4, 0.5) is 0 Å². The first-order valence-electron chi connectivity index (χ1n) is 8.25. The van der Waals surface area contributed by atoms with Crippen LogP contribution < -0.4 is 0 Å². The number of rotatable bonds is 8. The van der Waals surface area contributed by atoms with Crippen LogP contribution in [0.1, 0.15) is 11.5 Å². The summed E-state index contributed by atoms with van der Waals surface area (Å²) in [6.07, 6.45) is 6.68. The van der Waals surface area contributed by atoms with Gasteiger partial charge in [0.15, 0.2) is 0 Å². The van der Waals surface area contributed by atoms with E-state index in [1.807, 2.05) is 12.1 Å². The molecule has 26 heavy (non-hydrogen) atoms. The molecule has 0 N–H and O–H groups in total. The summed E-state index contributed by atoms with van der Waals surface area (Å²) in [4.78, 5) is 0. The van der Waals surface area contributed by atoms with Crippen molar-refractivity contribution in [3.05, 3.63) is 48.3 Å². The summed E-state index contributed by atoms with van der Waals surface area (Å²) in [5.74, 6) is 1.29. The Morgan fingerprint density at radius 3 is 1.77 bits per heavy atom. The minimum absolute atomic E-state index is 0.120. The van der Waals surface area contributed by atoms with Gasteiger partial charge in [0.25, 0.3) is 0 Å². The molecule has 2 atom stereocenters. The first-order valence-corrected chi connectivity index (χ1v) is 8.66. The van der Waals surface area contributed by atoms with E-state index in [2.05, 4.69) is 10.2 Å². The summed E-state index contributed by atoms with van der Waals surface area (Å²) in [5.41, 5.74) is 0. The fourth-order valence-electron chi connectivity index (χ4n) is 2.20. The Bertz CT molecular complexity index is 703. The van der Waals surface area contributed by atoms with Gasteiger partial charge in [0.1, 0.15) is 23.7 Å². The summed E-state index contributed by atoms with van der Waals surface area (Å²) in [6.45, 7) is 2.51. The highest BCUT2D eigenvalue weighted by Crippen LogP contribution is 2.17. The topological polar surface area (TPSA) is 82.5 Å². The van der Waals surface area contributed by atoms with Crippen LogP contribution in [-0.4, -0.2) is 66.1 Å². The molecule has 136 valence electrons. The van der Waals surface area contributed by atoms with E-state index in [1.54, 1.807) is 47.1 Å². The number of hydrazone groups is 2. The van der Waals surface area contributed by atoms with Gasteiger partial charge in [0, 0.05) is 0 Å². The van der Waals surface area contributed by atoms with Crippen LogP contribution in [0.2, 0.25) is 0 Å². The summed E-state index contributed by atoms with van der Waals surface area (Å²) >= 11 is 5.63. The maximum Gasteiger partial charge on any atom is 0.213 e. The third kappa shape index (κ3) is 4.78. The quantitative estimate of drug-likeness (QED) is 0.302. The molecule has 2 aromatic heterocycles. The largest absolute Gasteiger partial charge is 0.463 e. The Morgan fingerprint density at radius 1 is 0.962 bits per heavy atom. The van der Waals surface area contributed by atoms with Gasteiger partial charge in [-0.2, -0.15) is 10.2 Å². The highest BCUT2D eigenvalue weighted by molar-refractivity contribution is 7.80. The van der Waals surface area contributed by atoms with Crippen molar-refractivity contribution in [3.8, 4) is 0 Å². The van der Waals surface area contributed by atoms with Crippen molar-refractivity contribution >= 4 is 29.8 Å². The fourth-order valence-corrected chi connectivity index (χ4v) is 2.44. The van der Waals surface area contributed by atoms with Gasteiger partial charge in [0.2, 0.25) is 5.11 Å². The second kappa shape index (κ2) is 7.81. The zero-order valence-corrected chi connectivity index (χ0v) is 14.7. The molecule has 0 radical (unpaired) electrons. The average molecular weight is 374 g/mol. The molecule has 0 bridgehead atoms.